The Kier molecular flexibility index (Phi) is 5.88. The van der Waals surface area contributed by atoms with E-state index in [2.05, 4.69) is 15.5 Å². The van der Waals surface area contributed by atoms with Gasteiger partial charge in [0.25, 0.3) is 5.91 Å². The van der Waals surface area contributed by atoms with Crippen LogP contribution < -0.4 is 5.32 Å². The van der Waals surface area contributed by atoms with Gasteiger partial charge in [0.1, 0.15) is 11.6 Å². The van der Waals surface area contributed by atoms with Crippen LogP contribution in [0, 0.1) is 33.5 Å². The van der Waals surface area contributed by atoms with Crippen molar-refractivity contribution in [3.63, 3.8) is 0 Å². The monoisotopic (exact) mass is 455 g/mol. The van der Waals surface area contributed by atoms with E-state index >= 15 is 0 Å². The number of carbonyl (C=O) groups excluding carboxylic acids is 1. The van der Waals surface area contributed by atoms with Crippen LogP contribution in [-0.4, -0.2) is 25.5 Å². The number of nitrogens with zero attached hydrogens (tertiary/aromatic N) is 4. The number of aromatic nitrogens is 4. The summed E-state index contributed by atoms with van der Waals surface area (Å²) in [4.78, 5) is 12.8. The molecule has 4 aromatic rings. The van der Waals surface area contributed by atoms with Crippen molar-refractivity contribution < 1.29 is 13.6 Å². The summed E-state index contributed by atoms with van der Waals surface area (Å²) < 4.78 is 22.6. The highest BCUT2D eigenvalue weighted by Gasteiger charge is 2.18. The molecule has 4 rings (SSSR count). The van der Waals surface area contributed by atoms with Gasteiger partial charge in [-0.3, -0.25) is 14.2 Å². The molecule has 0 saturated carbocycles. The van der Waals surface area contributed by atoms with Gasteiger partial charge in [0.2, 0.25) is 0 Å². The topological polar surface area (TPSA) is 77.9 Å². The van der Waals surface area contributed by atoms with Crippen molar-refractivity contribution in [2.75, 3.05) is 5.32 Å². The minimum Gasteiger partial charge on any atom is -0.454 e. The molecule has 32 heavy (non-hydrogen) atoms. The molecule has 7 nitrogen and oxygen atoms in total. The lowest BCUT2D eigenvalue weighted by Crippen LogP contribution is -2.13. The number of furan rings is 1. The van der Waals surface area contributed by atoms with E-state index in [9.17, 15) is 9.18 Å². The minimum absolute atomic E-state index is 0.203. The fraction of sp³-hybridized carbons (Fsp3) is 0.261. The fourth-order valence-corrected chi connectivity index (χ4v) is 3.81. The Hall–Kier alpha value is -3.39. The lowest BCUT2D eigenvalue weighted by atomic mass is 10.2. The zero-order valence-electron chi connectivity index (χ0n) is 18.2. The summed E-state index contributed by atoms with van der Waals surface area (Å²) in [5, 5.41) is 12.1. The van der Waals surface area contributed by atoms with Crippen LogP contribution in [-0.2, 0) is 13.1 Å². The summed E-state index contributed by atoms with van der Waals surface area (Å²) in [5.41, 5.74) is 4.69. The van der Waals surface area contributed by atoms with Crippen LogP contribution in [0.2, 0.25) is 5.02 Å². The molecule has 1 amide bonds. The Morgan fingerprint density at radius 2 is 1.84 bits per heavy atom. The molecule has 166 valence electrons. The van der Waals surface area contributed by atoms with Gasteiger partial charge in [0.15, 0.2) is 5.76 Å². The molecule has 0 fully saturated rings. The maximum atomic E-state index is 13.3. The van der Waals surface area contributed by atoms with Crippen molar-refractivity contribution in [1.29, 1.82) is 0 Å². The summed E-state index contributed by atoms with van der Waals surface area (Å²) >= 11 is 6.14. The normalized spacial score (nSPS) is 11.2. The number of benzene rings is 1. The molecule has 0 atom stereocenters. The molecular weight excluding hydrogens is 433 g/mol. The molecule has 0 radical (unpaired) electrons. The van der Waals surface area contributed by atoms with Crippen LogP contribution in [0.1, 0.15) is 44.7 Å². The van der Waals surface area contributed by atoms with Gasteiger partial charge in [-0.05, 0) is 63.6 Å². The third-order valence-electron chi connectivity index (χ3n) is 5.25. The fourth-order valence-electron chi connectivity index (χ4n) is 3.59. The molecule has 0 aliphatic heterocycles. The quantitative estimate of drug-likeness (QED) is 0.441. The van der Waals surface area contributed by atoms with E-state index in [0.29, 0.717) is 35.3 Å². The molecule has 1 aromatic carbocycles. The van der Waals surface area contributed by atoms with E-state index < -0.39 is 5.82 Å². The highest BCUT2D eigenvalue weighted by molar-refractivity contribution is 6.31. The molecule has 3 heterocycles. The number of anilines is 1. The van der Waals surface area contributed by atoms with Crippen LogP contribution >= 0.6 is 11.6 Å². The standard InChI is InChI=1S/C23H23ClFN5O2/c1-13-9-14(2)29(27-13)12-19-7-8-21(32-19)23(31)26-22-15(3)28-30(16(22)4)11-17-5-6-18(25)10-20(17)24/h5-10H,11-12H2,1-4H3,(H,26,31). The first-order chi connectivity index (χ1) is 15.2. The second-order valence-corrected chi connectivity index (χ2v) is 8.15. The number of hydrogen-bond donors (Lipinski definition) is 1. The van der Waals surface area contributed by atoms with Gasteiger partial charge in [-0.25, -0.2) is 4.39 Å². The number of nitrogens with one attached hydrogen (secondary N) is 1. The van der Waals surface area contributed by atoms with E-state index in [4.69, 9.17) is 16.0 Å². The third kappa shape index (κ3) is 4.45. The Balaban J connectivity index is 1.49. The number of amides is 1. The summed E-state index contributed by atoms with van der Waals surface area (Å²) in [5.74, 6) is 0.0806. The SMILES string of the molecule is Cc1cc(C)n(Cc2ccc(C(=O)Nc3c(C)nn(Cc4ccc(F)cc4Cl)c3C)o2)n1. The van der Waals surface area contributed by atoms with Crippen LogP contribution in [0.25, 0.3) is 0 Å². The summed E-state index contributed by atoms with van der Waals surface area (Å²) in [6, 6.07) is 9.65. The van der Waals surface area contributed by atoms with E-state index in [0.717, 1.165) is 22.6 Å². The largest absolute Gasteiger partial charge is 0.454 e. The highest BCUT2D eigenvalue weighted by Crippen LogP contribution is 2.24. The average molecular weight is 456 g/mol. The van der Waals surface area contributed by atoms with Crippen LogP contribution in [0.5, 0.6) is 0 Å². The van der Waals surface area contributed by atoms with E-state index in [-0.39, 0.29) is 11.7 Å². The van der Waals surface area contributed by atoms with Gasteiger partial charge in [-0.1, -0.05) is 17.7 Å². The zero-order chi connectivity index (χ0) is 23.0. The Bertz CT molecular complexity index is 1300. The molecule has 0 aliphatic rings. The smallest absolute Gasteiger partial charge is 0.291 e. The number of aryl methyl sites for hydroxylation is 3. The van der Waals surface area contributed by atoms with Crippen LogP contribution in [0.3, 0.4) is 0 Å². The maximum Gasteiger partial charge on any atom is 0.291 e. The van der Waals surface area contributed by atoms with Gasteiger partial charge in [0.05, 0.1) is 35.9 Å². The molecule has 0 unspecified atom stereocenters. The third-order valence-corrected chi connectivity index (χ3v) is 5.60. The van der Waals surface area contributed by atoms with E-state index in [1.54, 1.807) is 22.9 Å². The first-order valence-electron chi connectivity index (χ1n) is 10.1. The van der Waals surface area contributed by atoms with Crippen molar-refractivity contribution in [3.8, 4) is 0 Å². The van der Waals surface area contributed by atoms with Gasteiger partial charge in [0, 0.05) is 10.7 Å². The molecule has 0 bridgehead atoms. The number of carbonyl (C=O) groups is 1. The molecule has 1 N–H and O–H groups in total. The maximum absolute atomic E-state index is 13.3. The number of rotatable bonds is 6. The minimum atomic E-state index is -0.393. The lowest BCUT2D eigenvalue weighted by molar-refractivity contribution is 0.0994. The van der Waals surface area contributed by atoms with Crippen LogP contribution in [0.4, 0.5) is 10.1 Å². The zero-order valence-corrected chi connectivity index (χ0v) is 19.0. The van der Waals surface area contributed by atoms with Crippen molar-refractivity contribution in [2.45, 2.75) is 40.8 Å². The second kappa shape index (κ2) is 8.63. The first kappa shape index (κ1) is 21.8. The summed E-state index contributed by atoms with van der Waals surface area (Å²) in [7, 11) is 0. The predicted molar refractivity (Wildman–Crippen MR) is 120 cm³/mol. The van der Waals surface area contributed by atoms with Crippen molar-refractivity contribution >= 4 is 23.2 Å². The van der Waals surface area contributed by atoms with E-state index in [1.807, 2.05) is 38.4 Å². The highest BCUT2D eigenvalue weighted by atomic mass is 35.5. The van der Waals surface area contributed by atoms with E-state index in [1.165, 1.54) is 12.1 Å². The molecule has 0 aliphatic carbocycles. The van der Waals surface area contributed by atoms with Gasteiger partial charge in [-0.15, -0.1) is 0 Å². The Morgan fingerprint density at radius 3 is 2.53 bits per heavy atom. The molecule has 3 aromatic heterocycles. The molecule has 0 spiro atoms. The van der Waals surface area contributed by atoms with Crippen molar-refractivity contribution in [3.05, 3.63) is 87.1 Å². The van der Waals surface area contributed by atoms with Gasteiger partial charge >= 0.3 is 0 Å². The first-order valence-corrected chi connectivity index (χ1v) is 10.5. The van der Waals surface area contributed by atoms with Gasteiger partial charge in [-0.2, -0.15) is 10.2 Å². The molecular formula is C23H23ClFN5O2. The Labute approximate surface area is 189 Å². The molecule has 9 heteroatoms. The summed E-state index contributed by atoms with van der Waals surface area (Å²) in [6.07, 6.45) is 0. The van der Waals surface area contributed by atoms with Crippen molar-refractivity contribution in [1.82, 2.24) is 19.6 Å². The number of halogens is 2. The predicted octanol–water partition coefficient (Wildman–Crippen LogP) is 5.05. The second-order valence-electron chi connectivity index (χ2n) is 7.74. The Morgan fingerprint density at radius 1 is 1.06 bits per heavy atom. The molecule has 0 saturated heterocycles. The van der Waals surface area contributed by atoms with Gasteiger partial charge < -0.3 is 9.73 Å². The average Bonchev–Trinajstić information content (AvgIpc) is 3.39. The lowest BCUT2D eigenvalue weighted by Gasteiger charge is -2.08. The van der Waals surface area contributed by atoms with Crippen molar-refractivity contribution in [2.24, 2.45) is 0 Å². The number of hydrogen-bond acceptors (Lipinski definition) is 4. The van der Waals surface area contributed by atoms with Crippen LogP contribution in [0.15, 0.2) is 40.8 Å². The summed E-state index contributed by atoms with van der Waals surface area (Å²) in [6.45, 7) is 8.36.